The number of hydrogen-bond acceptors (Lipinski definition) is 4. The van der Waals surface area contributed by atoms with Crippen LogP contribution in [0.25, 0.3) is 0 Å². The van der Waals surface area contributed by atoms with E-state index in [1.54, 1.807) is 0 Å². The van der Waals surface area contributed by atoms with Crippen LogP contribution in [0.1, 0.15) is 25.7 Å². The van der Waals surface area contributed by atoms with Gasteiger partial charge in [-0.3, -0.25) is 10.1 Å². The normalized spacial score (nSPS) is 9.75. The predicted molar refractivity (Wildman–Crippen MR) is 41.4 cm³/mol. The molecule has 0 amide bonds. The van der Waals surface area contributed by atoms with Crippen LogP contribution in [0, 0.1) is 10.1 Å². The SMILES string of the molecule is O=CCCC(CCC=O)[N+](=O)[O-]. The summed E-state index contributed by atoms with van der Waals surface area (Å²) in [6.45, 7) is 0. The van der Waals surface area contributed by atoms with Crippen LogP contribution in [0.2, 0.25) is 0 Å². The topological polar surface area (TPSA) is 77.3 Å². The van der Waals surface area contributed by atoms with Crippen molar-refractivity contribution in [3.05, 3.63) is 10.1 Å². The average Bonchev–Trinajstić information content (AvgIpc) is 2.04. The molecule has 12 heavy (non-hydrogen) atoms. The number of carbonyl (C=O) groups is 2. The molecule has 0 N–H and O–H groups in total. The van der Waals surface area contributed by atoms with E-state index in [-0.39, 0.29) is 25.7 Å². The van der Waals surface area contributed by atoms with Gasteiger partial charge >= 0.3 is 0 Å². The van der Waals surface area contributed by atoms with Crippen LogP contribution in [-0.4, -0.2) is 23.5 Å². The molecule has 0 aliphatic rings. The Morgan fingerprint density at radius 3 is 1.83 bits per heavy atom. The van der Waals surface area contributed by atoms with Crippen LogP contribution in [0.3, 0.4) is 0 Å². The molecule has 0 radical (unpaired) electrons. The van der Waals surface area contributed by atoms with Gasteiger partial charge in [-0.05, 0) is 0 Å². The molecule has 5 nitrogen and oxygen atoms in total. The number of rotatable bonds is 7. The molecular weight excluding hydrogens is 162 g/mol. The number of aldehydes is 2. The van der Waals surface area contributed by atoms with Crippen molar-refractivity contribution in [1.29, 1.82) is 0 Å². The van der Waals surface area contributed by atoms with E-state index in [1.165, 1.54) is 0 Å². The fraction of sp³-hybridized carbons (Fsp3) is 0.714. The first kappa shape index (κ1) is 10.7. The highest BCUT2D eigenvalue weighted by Gasteiger charge is 2.18. The highest BCUT2D eigenvalue weighted by Crippen LogP contribution is 2.06. The zero-order valence-electron chi connectivity index (χ0n) is 6.64. The van der Waals surface area contributed by atoms with E-state index in [1.807, 2.05) is 0 Å². The highest BCUT2D eigenvalue weighted by atomic mass is 16.6. The van der Waals surface area contributed by atoms with Crippen molar-refractivity contribution in [2.24, 2.45) is 0 Å². The van der Waals surface area contributed by atoms with E-state index in [0.29, 0.717) is 12.6 Å². The molecule has 0 aliphatic carbocycles. The molecular formula is C7H11NO4. The van der Waals surface area contributed by atoms with Crippen LogP contribution >= 0.6 is 0 Å². The Balaban J connectivity index is 3.77. The number of nitrogens with zero attached hydrogens (tertiary/aromatic N) is 1. The maximum Gasteiger partial charge on any atom is 0.214 e. The third kappa shape index (κ3) is 4.54. The first-order valence-corrected chi connectivity index (χ1v) is 3.73. The van der Waals surface area contributed by atoms with Crippen LogP contribution in [0.4, 0.5) is 0 Å². The Kier molecular flexibility index (Phi) is 5.77. The zero-order valence-corrected chi connectivity index (χ0v) is 6.64. The van der Waals surface area contributed by atoms with E-state index >= 15 is 0 Å². The van der Waals surface area contributed by atoms with E-state index < -0.39 is 11.0 Å². The van der Waals surface area contributed by atoms with Gasteiger partial charge in [0.05, 0.1) is 0 Å². The molecule has 0 spiro atoms. The molecule has 0 saturated heterocycles. The molecule has 0 fully saturated rings. The van der Waals surface area contributed by atoms with Gasteiger partial charge < -0.3 is 9.59 Å². The van der Waals surface area contributed by atoms with Gasteiger partial charge in [-0.1, -0.05) is 0 Å². The summed E-state index contributed by atoms with van der Waals surface area (Å²) in [4.78, 5) is 29.7. The van der Waals surface area contributed by atoms with Gasteiger partial charge in [0.1, 0.15) is 12.6 Å². The van der Waals surface area contributed by atoms with Gasteiger partial charge in [-0.15, -0.1) is 0 Å². The molecule has 0 unspecified atom stereocenters. The minimum absolute atomic E-state index is 0.185. The Hall–Kier alpha value is -1.26. The number of carbonyl (C=O) groups excluding carboxylic acids is 2. The minimum Gasteiger partial charge on any atom is -0.303 e. The number of nitro groups is 1. The van der Waals surface area contributed by atoms with Crippen molar-refractivity contribution < 1.29 is 14.5 Å². The summed E-state index contributed by atoms with van der Waals surface area (Å²) in [5.74, 6) is 0. The largest absolute Gasteiger partial charge is 0.303 e. The Morgan fingerprint density at radius 1 is 1.17 bits per heavy atom. The lowest BCUT2D eigenvalue weighted by atomic mass is 10.1. The van der Waals surface area contributed by atoms with E-state index in [9.17, 15) is 19.7 Å². The highest BCUT2D eigenvalue weighted by molar-refractivity contribution is 5.50. The number of hydrogen-bond donors (Lipinski definition) is 0. The first-order valence-electron chi connectivity index (χ1n) is 3.73. The minimum atomic E-state index is -0.750. The lowest BCUT2D eigenvalue weighted by Crippen LogP contribution is -2.19. The summed E-state index contributed by atoms with van der Waals surface area (Å²) in [6, 6.07) is -0.750. The molecule has 0 atom stereocenters. The van der Waals surface area contributed by atoms with Gasteiger partial charge in [0.15, 0.2) is 0 Å². The second kappa shape index (κ2) is 6.45. The predicted octanol–water partition coefficient (Wildman–Crippen LogP) is 0.590. The van der Waals surface area contributed by atoms with Gasteiger partial charge in [-0.2, -0.15) is 0 Å². The average molecular weight is 173 g/mol. The summed E-state index contributed by atoms with van der Waals surface area (Å²) < 4.78 is 0. The van der Waals surface area contributed by atoms with Crippen LogP contribution in [0.15, 0.2) is 0 Å². The molecule has 0 rings (SSSR count). The van der Waals surface area contributed by atoms with Crippen molar-refractivity contribution in [3.8, 4) is 0 Å². The molecule has 5 heteroatoms. The standard InChI is InChI=1S/C7H11NO4/c9-5-1-3-7(8(11)12)4-2-6-10/h5-7H,1-4H2. The van der Waals surface area contributed by atoms with Crippen LogP contribution < -0.4 is 0 Å². The van der Waals surface area contributed by atoms with E-state index in [4.69, 9.17) is 0 Å². The fourth-order valence-corrected chi connectivity index (χ4v) is 0.876. The molecule has 0 saturated carbocycles. The lowest BCUT2D eigenvalue weighted by Gasteiger charge is -2.04. The van der Waals surface area contributed by atoms with Crippen molar-refractivity contribution >= 4 is 12.6 Å². The molecule has 0 aromatic carbocycles. The molecule has 0 aromatic heterocycles. The van der Waals surface area contributed by atoms with Crippen molar-refractivity contribution in [2.75, 3.05) is 0 Å². The van der Waals surface area contributed by atoms with Gasteiger partial charge in [0.2, 0.25) is 6.04 Å². The lowest BCUT2D eigenvalue weighted by molar-refractivity contribution is -0.524. The van der Waals surface area contributed by atoms with Crippen molar-refractivity contribution in [2.45, 2.75) is 31.7 Å². The summed E-state index contributed by atoms with van der Waals surface area (Å²) >= 11 is 0. The maximum atomic E-state index is 10.3. The molecule has 0 bridgehead atoms. The monoisotopic (exact) mass is 173 g/mol. The smallest absolute Gasteiger partial charge is 0.214 e. The van der Waals surface area contributed by atoms with Gasteiger partial charge in [0.25, 0.3) is 0 Å². The van der Waals surface area contributed by atoms with Crippen LogP contribution in [-0.2, 0) is 9.59 Å². The fourth-order valence-electron chi connectivity index (χ4n) is 0.876. The third-order valence-corrected chi connectivity index (χ3v) is 1.53. The molecule has 0 aliphatic heterocycles. The Morgan fingerprint density at radius 2 is 1.58 bits per heavy atom. The van der Waals surface area contributed by atoms with E-state index in [0.717, 1.165) is 0 Å². The summed E-state index contributed by atoms with van der Waals surface area (Å²) in [5.41, 5.74) is 0. The second-order valence-corrected chi connectivity index (χ2v) is 2.43. The Labute approximate surface area is 69.9 Å². The molecule has 68 valence electrons. The van der Waals surface area contributed by atoms with Gasteiger partial charge in [-0.25, -0.2) is 0 Å². The zero-order chi connectivity index (χ0) is 9.40. The Bertz CT molecular complexity index is 157. The van der Waals surface area contributed by atoms with Gasteiger partial charge in [0, 0.05) is 30.6 Å². The first-order chi connectivity index (χ1) is 5.72. The third-order valence-electron chi connectivity index (χ3n) is 1.53. The summed E-state index contributed by atoms with van der Waals surface area (Å²) in [7, 11) is 0. The van der Waals surface area contributed by atoms with E-state index in [2.05, 4.69) is 0 Å². The maximum absolute atomic E-state index is 10.3. The summed E-state index contributed by atoms with van der Waals surface area (Å²) in [5, 5.41) is 10.3. The summed E-state index contributed by atoms with van der Waals surface area (Å²) in [6.07, 6.45) is 2.12. The van der Waals surface area contributed by atoms with Crippen molar-refractivity contribution in [1.82, 2.24) is 0 Å². The second-order valence-electron chi connectivity index (χ2n) is 2.43. The molecule has 0 heterocycles. The van der Waals surface area contributed by atoms with Crippen molar-refractivity contribution in [3.63, 3.8) is 0 Å². The molecule has 0 aromatic rings. The quantitative estimate of drug-likeness (QED) is 0.320. The van der Waals surface area contributed by atoms with Crippen LogP contribution in [0.5, 0.6) is 0 Å².